The number of non-ortho nitro benzene ring substituents is 1. The summed E-state index contributed by atoms with van der Waals surface area (Å²) in [7, 11) is 0. The molecule has 1 aliphatic heterocycles. The molecule has 0 amide bonds. The van der Waals surface area contributed by atoms with Crippen LogP contribution in [0.4, 0.5) is 23.2 Å². The summed E-state index contributed by atoms with van der Waals surface area (Å²) in [4.78, 5) is 12.4. The molecule has 2 aromatic rings. The predicted molar refractivity (Wildman–Crippen MR) is 92.5 cm³/mol. The maximum Gasteiger partial charge on any atom is 0.573 e. The first kappa shape index (κ1) is 20.0. The molecule has 150 valence electrons. The zero-order chi connectivity index (χ0) is 20.3. The molecule has 1 saturated heterocycles. The number of halogens is 4. The number of benzene rings is 2. The molecule has 0 aliphatic carbocycles. The van der Waals surface area contributed by atoms with Crippen molar-refractivity contribution >= 4 is 5.69 Å². The second-order valence-corrected chi connectivity index (χ2v) is 6.27. The van der Waals surface area contributed by atoms with Gasteiger partial charge in [0.15, 0.2) is 0 Å². The highest BCUT2D eigenvalue weighted by molar-refractivity contribution is 5.42. The van der Waals surface area contributed by atoms with E-state index in [9.17, 15) is 27.7 Å². The summed E-state index contributed by atoms with van der Waals surface area (Å²) in [6.07, 6.45) is -4.81. The number of piperazine rings is 1. The van der Waals surface area contributed by atoms with Crippen LogP contribution in [0.1, 0.15) is 17.2 Å². The molecular weight excluding hydrogens is 382 g/mol. The molecule has 1 N–H and O–H groups in total. The monoisotopic (exact) mass is 399 g/mol. The van der Waals surface area contributed by atoms with Crippen molar-refractivity contribution in [2.24, 2.45) is 0 Å². The number of nitro groups is 1. The number of hydrogen-bond donors (Lipinski definition) is 1. The summed E-state index contributed by atoms with van der Waals surface area (Å²) in [5.41, 5.74) is 0.352. The molecular formula is C18H17F4N3O3. The van der Waals surface area contributed by atoms with Gasteiger partial charge >= 0.3 is 6.36 Å². The van der Waals surface area contributed by atoms with Crippen molar-refractivity contribution in [3.8, 4) is 5.75 Å². The average Bonchev–Trinajstić information content (AvgIpc) is 2.64. The van der Waals surface area contributed by atoms with Crippen molar-refractivity contribution in [3.63, 3.8) is 0 Å². The largest absolute Gasteiger partial charge is 0.573 e. The average molecular weight is 399 g/mol. The van der Waals surface area contributed by atoms with E-state index in [4.69, 9.17) is 0 Å². The Kier molecular flexibility index (Phi) is 5.80. The summed E-state index contributed by atoms with van der Waals surface area (Å²) >= 11 is 0. The third-order valence-electron chi connectivity index (χ3n) is 4.43. The van der Waals surface area contributed by atoms with Gasteiger partial charge in [-0.05, 0) is 23.8 Å². The van der Waals surface area contributed by atoms with Crippen LogP contribution in [0, 0.1) is 15.9 Å². The Bertz CT molecular complexity index is 837. The lowest BCUT2D eigenvalue weighted by Crippen LogP contribution is -2.45. The Morgan fingerprint density at radius 1 is 1.11 bits per heavy atom. The highest BCUT2D eigenvalue weighted by Crippen LogP contribution is 2.34. The first-order chi connectivity index (χ1) is 13.2. The maximum absolute atomic E-state index is 14.6. The van der Waals surface area contributed by atoms with Gasteiger partial charge in [-0.2, -0.15) is 0 Å². The van der Waals surface area contributed by atoms with Crippen LogP contribution in [0.15, 0.2) is 42.5 Å². The first-order valence-electron chi connectivity index (χ1n) is 8.49. The minimum Gasteiger partial charge on any atom is -0.406 e. The molecule has 3 rings (SSSR count). The van der Waals surface area contributed by atoms with E-state index in [-0.39, 0.29) is 11.3 Å². The number of nitro benzene ring substituents is 1. The van der Waals surface area contributed by atoms with Crippen molar-refractivity contribution in [1.82, 2.24) is 10.2 Å². The normalized spacial score (nSPS) is 16.6. The van der Waals surface area contributed by atoms with E-state index in [2.05, 4.69) is 10.1 Å². The van der Waals surface area contributed by atoms with Crippen molar-refractivity contribution in [2.45, 2.75) is 12.4 Å². The minimum absolute atomic E-state index is 0.0978. The summed E-state index contributed by atoms with van der Waals surface area (Å²) in [6, 6.07) is 7.71. The number of alkyl halides is 3. The van der Waals surface area contributed by atoms with Gasteiger partial charge in [0.05, 0.1) is 11.0 Å². The Labute approximate surface area is 157 Å². The molecule has 0 bridgehead atoms. The topological polar surface area (TPSA) is 67.6 Å². The Morgan fingerprint density at radius 3 is 2.32 bits per heavy atom. The van der Waals surface area contributed by atoms with Gasteiger partial charge < -0.3 is 10.1 Å². The second kappa shape index (κ2) is 8.11. The molecule has 28 heavy (non-hydrogen) atoms. The maximum atomic E-state index is 14.6. The molecule has 1 atom stereocenters. The lowest BCUT2D eigenvalue weighted by atomic mass is 9.95. The second-order valence-electron chi connectivity index (χ2n) is 6.27. The summed E-state index contributed by atoms with van der Waals surface area (Å²) in [5, 5.41) is 14.3. The Hall–Kier alpha value is -2.72. The standard InChI is InChI=1S/C18H17F4N3O3/c19-16-6-3-13(25(26)27)11-15(16)17(24-9-7-23-8-10-24)12-1-4-14(5-2-12)28-18(20,21)22/h1-6,11,17,23H,7-10H2/t17-/m1/s1. The predicted octanol–water partition coefficient (Wildman–Crippen LogP) is 3.63. The van der Waals surface area contributed by atoms with Crippen LogP contribution in [0.5, 0.6) is 5.75 Å². The molecule has 10 heteroatoms. The molecule has 1 aliphatic rings. The quantitative estimate of drug-likeness (QED) is 0.473. The third-order valence-corrected chi connectivity index (χ3v) is 4.43. The van der Waals surface area contributed by atoms with Crippen molar-refractivity contribution in [1.29, 1.82) is 0 Å². The van der Waals surface area contributed by atoms with Crippen LogP contribution >= 0.6 is 0 Å². The molecule has 0 radical (unpaired) electrons. The molecule has 2 aromatic carbocycles. The van der Waals surface area contributed by atoms with Crippen LogP contribution in [0.3, 0.4) is 0 Å². The number of nitrogens with one attached hydrogen (secondary N) is 1. The number of nitrogens with zero attached hydrogens (tertiary/aromatic N) is 2. The van der Waals surface area contributed by atoms with Crippen molar-refractivity contribution < 1.29 is 27.2 Å². The number of ether oxygens (including phenoxy) is 1. The molecule has 0 spiro atoms. The van der Waals surface area contributed by atoms with Gasteiger partial charge in [-0.3, -0.25) is 15.0 Å². The van der Waals surface area contributed by atoms with Gasteiger partial charge in [-0.1, -0.05) is 12.1 Å². The smallest absolute Gasteiger partial charge is 0.406 e. The fraction of sp³-hybridized carbons (Fsp3) is 0.333. The van der Waals surface area contributed by atoms with Gasteiger partial charge in [0.2, 0.25) is 0 Å². The van der Waals surface area contributed by atoms with E-state index >= 15 is 0 Å². The van der Waals surface area contributed by atoms with Gasteiger partial charge in [0.1, 0.15) is 11.6 Å². The lowest BCUT2D eigenvalue weighted by Gasteiger charge is -2.35. The lowest BCUT2D eigenvalue weighted by molar-refractivity contribution is -0.385. The van der Waals surface area contributed by atoms with Crippen molar-refractivity contribution in [3.05, 3.63) is 69.5 Å². The first-order valence-corrected chi connectivity index (χ1v) is 8.49. The Balaban J connectivity index is 2.01. The molecule has 6 nitrogen and oxygen atoms in total. The highest BCUT2D eigenvalue weighted by Gasteiger charge is 2.32. The van der Waals surface area contributed by atoms with E-state index < -0.39 is 28.9 Å². The van der Waals surface area contributed by atoms with Crippen LogP contribution < -0.4 is 10.1 Å². The van der Waals surface area contributed by atoms with E-state index in [0.717, 1.165) is 24.3 Å². The molecule has 1 fully saturated rings. The van der Waals surface area contributed by atoms with Gasteiger partial charge in [-0.15, -0.1) is 13.2 Å². The fourth-order valence-corrected chi connectivity index (χ4v) is 3.23. The van der Waals surface area contributed by atoms with Crippen molar-refractivity contribution in [2.75, 3.05) is 26.2 Å². The zero-order valence-corrected chi connectivity index (χ0v) is 14.6. The summed E-state index contributed by atoms with van der Waals surface area (Å²) < 4.78 is 55.6. The SMILES string of the molecule is O=[N+]([O-])c1ccc(F)c([C@@H](c2ccc(OC(F)(F)F)cc2)N2CCNCC2)c1. The number of rotatable bonds is 5. The summed E-state index contributed by atoms with van der Waals surface area (Å²) in [6.45, 7) is 2.38. The van der Waals surface area contributed by atoms with Crippen LogP contribution in [0.25, 0.3) is 0 Å². The Morgan fingerprint density at radius 2 is 1.75 bits per heavy atom. The minimum atomic E-state index is -4.81. The van der Waals surface area contributed by atoms with E-state index in [1.54, 1.807) is 0 Å². The van der Waals surface area contributed by atoms with Crippen LogP contribution in [-0.4, -0.2) is 42.4 Å². The molecule has 0 aromatic heterocycles. The van der Waals surface area contributed by atoms with Crippen LogP contribution in [-0.2, 0) is 0 Å². The van der Waals surface area contributed by atoms with Gasteiger partial charge in [-0.25, -0.2) is 4.39 Å². The van der Waals surface area contributed by atoms with E-state index in [0.29, 0.717) is 31.7 Å². The van der Waals surface area contributed by atoms with Gasteiger partial charge in [0.25, 0.3) is 5.69 Å². The third kappa shape index (κ3) is 4.76. The molecule has 1 heterocycles. The van der Waals surface area contributed by atoms with E-state index in [1.807, 2.05) is 4.90 Å². The molecule has 0 unspecified atom stereocenters. The number of hydrogen-bond acceptors (Lipinski definition) is 5. The van der Waals surface area contributed by atoms with Gasteiger partial charge in [0, 0.05) is 43.9 Å². The van der Waals surface area contributed by atoms with Crippen LogP contribution in [0.2, 0.25) is 0 Å². The summed E-state index contributed by atoms with van der Waals surface area (Å²) in [5.74, 6) is -1.01. The zero-order valence-electron chi connectivity index (χ0n) is 14.6. The molecule has 0 saturated carbocycles. The highest BCUT2D eigenvalue weighted by atomic mass is 19.4. The fourth-order valence-electron chi connectivity index (χ4n) is 3.23. The van der Waals surface area contributed by atoms with E-state index in [1.165, 1.54) is 18.2 Å².